The van der Waals surface area contributed by atoms with Gasteiger partial charge in [0.2, 0.25) is 0 Å². The Bertz CT molecular complexity index is 310. The molecule has 1 aromatic rings. The summed E-state index contributed by atoms with van der Waals surface area (Å²) in [6.07, 6.45) is 4.17. The van der Waals surface area contributed by atoms with Crippen LogP contribution in [0, 0.1) is 5.82 Å². The molecule has 0 heterocycles. The summed E-state index contributed by atoms with van der Waals surface area (Å²) in [6.45, 7) is 0. The molecule has 2 rings (SSSR count). The van der Waals surface area contributed by atoms with Gasteiger partial charge in [-0.05, 0) is 43.4 Å². The van der Waals surface area contributed by atoms with Crippen LogP contribution in [0.1, 0.15) is 24.8 Å². The average molecular weight is 216 g/mol. The van der Waals surface area contributed by atoms with Gasteiger partial charge in [-0.1, -0.05) is 12.1 Å². The second kappa shape index (κ2) is 4.28. The van der Waals surface area contributed by atoms with Crippen molar-refractivity contribution >= 4 is 12.4 Å². The van der Waals surface area contributed by atoms with E-state index in [4.69, 9.17) is 5.73 Å². The zero-order chi connectivity index (χ0) is 9.31. The number of hydrogen-bond acceptors (Lipinski definition) is 1. The SMILES string of the molecule is Cl.NC1(Cc2cccc(F)c2)CCC1. The summed E-state index contributed by atoms with van der Waals surface area (Å²) in [5, 5.41) is 0. The van der Waals surface area contributed by atoms with E-state index in [2.05, 4.69) is 0 Å². The molecule has 0 aliphatic heterocycles. The smallest absolute Gasteiger partial charge is 0.123 e. The number of hydrogen-bond donors (Lipinski definition) is 1. The van der Waals surface area contributed by atoms with Crippen molar-refractivity contribution < 1.29 is 4.39 Å². The first kappa shape index (κ1) is 11.5. The summed E-state index contributed by atoms with van der Waals surface area (Å²) in [5.74, 6) is -0.166. The van der Waals surface area contributed by atoms with Crippen LogP contribution in [-0.2, 0) is 6.42 Å². The van der Waals surface area contributed by atoms with Gasteiger partial charge in [-0.25, -0.2) is 4.39 Å². The van der Waals surface area contributed by atoms with Crippen LogP contribution in [0.3, 0.4) is 0 Å². The third kappa shape index (κ3) is 2.46. The molecule has 78 valence electrons. The highest BCUT2D eigenvalue weighted by Crippen LogP contribution is 2.32. The van der Waals surface area contributed by atoms with Crippen molar-refractivity contribution in [2.75, 3.05) is 0 Å². The van der Waals surface area contributed by atoms with Crippen molar-refractivity contribution in [2.24, 2.45) is 5.73 Å². The first-order valence-corrected chi connectivity index (χ1v) is 4.71. The highest BCUT2D eigenvalue weighted by atomic mass is 35.5. The molecule has 1 fully saturated rings. The summed E-state index contributed by atoms with van der Waals surface area (Å²) >= 11 is 0. The number of halogens is 2. The quantitative estimate of drug-likeness (QED) is 0.807. The Morgan fingerprint density at radius 1 is 1.36 bits per heavy atom. The molecule has 2 N–H and O–H groups in total. The largest absolute Gasteiger partial charge is 0.325 e. The topological polar surface area (TPSA) is 26.0 Å². The normalized spacial score (nSPS) is 18.1. The predicted molar refractivity (Wildman–Crippen MR) is 58.1 cm³/mol. The van der Waals surface area contributed by atoms with E-state index in [0.717, 1.165) is 24.8 Å². The van der Waals surface area contributed by atoms with Gasteiger partial charge in [-0.3, -0.25) is 0 Å². The number of rotatable bonds is 2. The molecule has 1 aromatic carbocycles. The first-order chi connectivity index (χ1) is 6.18. The van der Waals surface area contributed by atoms with Gasteiger partial charge in [0.25, 0.3) is 0 Å². The maximum Gasteiger partial charge on any atom is 0.123 e. The van der Waals surface area contributed by atoms with E-state index in [-0.39, 0.29) is 23.8 Å². The molecule has 1 aliphatic carbocycles. The van der Waals surface area contributed by atoms with Crippen LogP contribution < -0.4 is 5.73 Å². The minimum Gasteiger partial charge on any atom is -0.325 e. The minimum absolute atomic E-state index is 0. The van der Waals surface area contributed by atoms with Crippen LogP contribution in [0.4, 0.5) is 4.39 Å². The van der Waals surface area contributed by atoms with Crippen molar-refractivity contribution in [3.63, 3.8) is 0 Å². The van der Waals surface area contributed by atoms with Gasteiger partial charge in [0.1, 0.15) is 5.82 Å². The summed E-state index contributed by atoms with van der Waals surface area (Å²) in [5.41, 5.74) is 7.03. The molecule has 1 nitrogen and oxygen atoms in total. The second-order valence-electron chi connectivity index (χ2n) is 4.02. The molecule has 0 saturated heterocycles. The van der Waals surface area contributed by atoms with Crippen LogP contribution in [0.2, 0.25) is 0 Å². The maximum absolute atomic E-state index is 12.8. The number of benzene rings is 1. The third-order valence-electron chi connectivity index (χ3n) is 2.79. The van der Waals surface area contributed by atoms with Crippen molar-refractivity contribution in [3.8, 4) is 0 Å². The van der Waals surface area contributed by atoms with Crippen molar-refractivity contribution in [1.29, 1.82) is 0 Å². The van der Waals surface area contributed by atoms with Gasteiger partial charge in [-0.15, -0.1) is 12.4 Å². The average Bonchev–Trinajstić information content (AvgIpc) is 2.01. The zero-order valence-corrected chi connectivity index (χ0v) is 8.82. The Morgan fingerprint density at radius 2 is 2.07 bits per heavy atom. The maximum atomic E-state index is 12.8. The fraction of sp³-hybridized carbons (Fsp3) is 0.455. The minimum atomic E-state index is -0.166. The van der Waals surface area contributed by atoms with Crippen LogP contribution in [0.15, 0.2) is 24.3 Å². The standard InChI is InChI=1S/C11H14FN.ClH/c12-10-4-1-3-9(7-10)8-11(13)5-2-6-11;/h1,3-4,7H,2,5-6,8,13H2;1H. The zero-order valence-electron chi connectivity index (χ0n) is 8.00. The van der Waals surface area contributed by atoms with Crippen molar-refractivity contribution in [2.45, 2.75) is 31.2 Å². The lowest BCUT2D eigenvalue weighted by molar-refractivity contribution is 0.247. The molecule has 1 saturated carbocycles. The van der Waals surface area contributed by atoms with E-state index >= 15 is 0 Å². The van der Waals surface area contributed by atoms with Crippen LogP contribution >= 0.6 is 12.4 Å². The molecule has 0 spiro atoms. The molecule has 0 amide bonds. The molecule has 1 aliphatic rings. The Morgan fingerprint density at radius 3 is 2.57 bits per heavy atom. The van der Waals surface area contributed by atoms with Crippen LogP contribution in [-0.4, -0.2) is 5.54 Å². The third-order valence-corrected chi connectivity index (χ3v) is 2.79. The predicted octanol–water partition coefficient (Wildman–Crippen LogP) is 2.67. The van der Waals surface area contributed by atoms with Gasteiger partial charge in [-0.2, -0.15) is 0 Å². The van der Waals surface area contributed by atoms with Gasteiger partial charge < -0.3 is 5.73 Å². The van der Waals surface area contributed by atoms with Gasteiger partial charge in [0.15, 0.2) is 0 Å². The molecule has 0 bridgehead atoms. The van der Waals surface area contributed by atoms with Gasteiger partial charge in [0.05, 0.1) is 0 Å². The molecule has 0 radical (unpaired) electrons. The lowest BCUT2D eigenvalue weighted by Crippen LogP contribution is -2.48. The van der Waals surface area contributed by atoms with E-state index in [9.17, 15) is 4.39 Å². The molecular weight excluding hydrogens is 201 g/mol. The fourth-order valence-electron chi connectivity index (χ4n) is 1.86. The summed E-state index contributed by atoms with van der Waals surface area (Å²) in [7, 11) is 0. The molecule has 0 atom stereocenters. The second-order valence-corrected chi connectivity index (χ2v) is 4.02. The fourth-order valence-corrected chi connectivity index (χ4v) is 1.86. The van der Waals surface area contributed by atoms with E-state index in [1.165, 1.54) is 12.5 Å². The molecule has 3 heteroatoms. The van der Waals surface area contributed by atoms with Gasteiger partial charge in [0, 0.05) is 5.54 Å². The first-order valence-electron chi connectivity index (χ1n) is 4.71. The van der Waals surface area contributed by atoms with E-state index < -0.39 is 0 Å². The van der Waals surface area contributed by atoms with Crippen molar-refractivity contribution in [1.82, 2.24) is 0 Å². The van der Waals surface area contributed by atoms with Crippen molar-refractivity contribution in [3.05, 3.63) is 35.6 Å². The van der Waals surface area contributed by atoms with E-state index in [0.29, 0.717) is 0 Å². The Kier molecular flexibility index (Phi) is 3.51. The lowest BCUT2D eigenvalue weighted by Gasteiger charge is -2.38. The summed E-state index contributed by atoms with van der Waals surface area (Å²) < 4.78 is 12.8. The Balaban J connectivity index is 0.000000980. The molecule has 0 unspecified atom stereocenters. The summed E-state index contributed by atoms with van der Waals surface area (Å²) in [4.78, 5) is 0. The van der Waals surface area contributed by atoms with Crippen LogP contribution in [0.25, 0.3) is 0 Å². The summed E-state index contributed by atoms with van der Waals surface area (Å²) in [6, 6.07) is 6.73. The van der Waals surface area contributed by atoms with E-state index in [1.54, 1.807) is 12.1 Å². The number of nitrogens with two attached hydrogens (primary N) is 1. The van der Waals surface area contributed by atoms with E-state index in [1.807, 2.05) is 6.07 Å². The monoisotopic (exact) mass is 215 g/mol. The lowest BCUT2D eigenvalue weighted by atomic mass is 9.74. The Labute approximate surface area is 89.9 Å². The van der Waals surface area contributed by atoms with Crippen LogP contribution in [0.5, 0.6) is 0 Å². The van der Waals surface area contributed by atoms with Gasteiger partial charge >= 0.3 is 0 Å². The molecular formula is C11H15ClFN. The highest BCUT2D eigenvalue weighted by Gasteiger charge is 2.32. The molecule has 0 aromatic heterocycles. The Hall–Kier alpha value is -0.600. The molecule has 14 heavy (non-hydrogen) atoms. The highest BCUT2D eigenvalue weighted by molar-refractivity contribution is 5.85.